The van der Waals surface area contributed by atoms with Crippen molar-refractivity contribution in [3.63, 3.8) is 0 Å². The number of fused-ring (bicyclic) bond motifs is 1. The Morgan fingerprint density at radius 1 is 1.05 bits per heavy atom. The third-order valence-corrected chi connectivity index (χ3v) is 3.65. The average molecular weight is 345 g/mol. The topological polar surface area (TPSA) is 70.7 Å². The fraction of sp³-hybridized carbons (Fsp3) is 0. The summed E-state index contributed by atoms with van der Waals surface area (Å²) in [5.74, 6) is 0.386. The molecule has 0 spiro atoms. The Labute approximate surface area is 128 Å². The van der Waals surface area contributed by atoms with Gasteiger partial charge in [0, 0.05) is 16.1 Å². The second kappa shape index (κ2) is 5.48. The lowest BCUT2D eigenvalue weighted by Crippen LogP contribution is -2.29. The molecule has 21 heavy (non-hydrogen) atoms. The van der Waals surface area contributed by atoms with E-state index in [0.29, 0.717) is 27.8 Å². The van der Waals surface area contributed by atoms with E-state index in [0.717, 1.165) is 4.47 Å². The van der Waals surface area contributed by atoms with E-state index in [1.54, 1.807) is 42.5 Å². The summed E-state index contributed by atoms with van der Waals surface area (Å²) in [6.07, 6.45) is 0. The molecule has 1 heterocycles. The van der Waals surface area contributed by atoms with Crippen LogP contribution in [0, 0.1) is 0 Å². The molecular formula is C15H10BBrO4. The maximum Gasteiger partial charge on any atom is 0.488 e. The van der Waals surface area contributed by atoms with E-state index in [-0.39, 0.29) is 5.43 Å². The average Bonchev–Trinajstić information content (AvgIpc) is 2.48. The summed E-state index contributed by atoms with van der Waals surface area (Å²) in [5.41, 5.74) is 1.28. The fourth-order valence-electron chi connectivity index (χ4n) is 2.12. The van der Waals surface area contributed by atoms with Crippen molar-refractivity contribution >= 4 is 39.5 Å². The van der Waals surface area contributed by atoms with Gasteiger partial charge in [-0.15, -0.1) is 0 Å². The van der Waals surface area contributed by atoms with Crippen molar-refractivity contribution in [2.24, 2.45) is 0 Å². The van der Waals surface area contributed by atoms with Crippen molar-refractivity contribution in [2.75, 3.05) is 0 Å². The number of hydrogen-bond donors (Lipinski definition) is 2. The van der Waals surface area contributed by atoms with Crippen LogP contribution in [0.1, 0.15) is 0 Å². The van der Waals surface area contributed by atoms with Crippen molar-refractivity contribution < 1.29 is 14.5 Å². The Morgan fingerprint density at radius 2 is 1.86 bits per heavy atom. The number of halogens is 1. The molecule has 4 nitrogen and oxygen atoms in total. The molecule has 1 aromatic heterocycles. The Bertz CT molecular complexity index is 873. The molecule has 0 aliphatic carbocycles. The first-order chi connectivity index (χ1) is 10.0. The molecule has 0 saturated heterocycles. The van der Waals surface area contributed by atoms with E-state index in [1.807, 2.05) is 0 Å². The molecule has 2 aromatic carbocycles. The summed E-state index contributed by atoms with van der Waals surface area (Å²) in [7, 11) is -1.56. The van der Waals surface area contributed by atoms with Crippen molar-refractivity contribution in [3.8, 4) is 11.3 Å². The van der Waals surface area contributed by atoms with Gasteiger partial charge in [-0.25, -0.2) is 0 Å². The number of hydrogen-bond acceptors (Lipinski definition) is 4. The maximum atomic E-state index is 12.2. The predicted octanol–water partition coefficient (Wildman–Crippen LogP) is 1.90. The van der Waals surface area contributed by atoms with Gasteiger partial charge in [0.05, 0.1) is 5.39 Å². The lowest BCUT2D eigenvalue weighted by Gasteiger charge is -2.05. The molecule has 6 heteroatoms. The summed E-state index contributed by atoms with van der Waals surface area (Å²) in [4.78, 5) is 12.2. The van der Waals surface area contributed by atoms with Crippen LogP contribution < -0.4 is 10.9 Å². The normalized spacial score (nSPS) is 10.8. The van der Waals surface area contributed by atoms with Crippen LogP contribution in [0.3, 0.4) is 0 Å². The lowest BCUT2D eigenvalue weighted by atomic mass is 9.79. The minimum absolute atomic E-state index is 0.150. The molecule has 104 valence electrons. The van der Waals surface area contributed by atoms with E-state index in [2.05, 4.69) is 15.9 Å². The highest BCUT2D eigenvalue weighted by molar-refractivity contribution is 9.10. The Balaban J connectivity index is 2.19. The first-order valence-corrected chi connectivity index (χ1v) is 7.04. The summed E-state index contributed by atoms with van der Waals surface area (Å²) >= 11 is 3.32. The van der Waals surface area contributed by atoms with Crippen LogP contribution in [0.2, 0.25) is 0 Å². The largest absolute Gasteiger partial charge is 0.488 e. The van der Waals surface area contributed by atoms with Crippen LogP contribution in [0.15, 0.2) is 62.2 Å². The van der Waals surface area contributed by atoms with Gasteiger partial charge in [0.15, 0.2) is 5.43 Å². The molecule has 0 fully saturated rings. The minimum atomic E-state index is -1.56. The first kappa shape index (κ1) is 14.1. The van der Waals surface area contributed by atoms with Gasteiger partial charge in [-0.05, 0) is 23.7 Å². The SMILES string of the molecule is O=c1cc(-c2cccc(B(O)O)c2)oc2ccc(Br)cc12. The van der Waals surface area contributed by atoms with Gasteiger partial charge < -0.3 is 14.5 Å². The zero-order valence-electron chi connectivity index (χ0n) is 10.8. The fourth-order valence-corrected chi connectivity index (χ4v) is 2.48. The summed E-state index contributed by atoms with van der Waals surface area (Å²) < 4.78 is 6.54. The van der Waals surface area contributed by atoms with E-state index < -0.39 is 7.12 Å². The van der Waals surface area contributed by atoms with E-state index in [1.165, 1.54) is 6.07 Å². The van der Waals surface area contributed by atoms with Crippen molar-refractivity contribution in [3.05, 3.63) is 63.2 Å². The van der Waals surface area contributed by atoms with Gasteiger partial charge in [0.2, 0.25) is 0 Å². The highest BCUT2D eigenvalue weighted by Crippen LogP contribution is 2.23. The number of rotatable bonds is 2. The second-order valence-corrected chi connectivity index (χ2v) is 5.53. The molecular weight excluding hydrogens is 335 g/mol. The highest BCUT2D eigenvalue weighted by Gasteiger charge is 2.13. The van der Waals surface area contributed by atoms with Gasteiger partial charge in [-0.1, -0.05) is 40.2 Å². The highest BCUT2D eigenvalue weighted by atomic mass is 79.9. The lowest BCUT2D eigenvalue weighted by molar-refractivity contribution is 0.426. The molecule has 0 radical (unpaired) electrons. The van der Waals surface area contributed by atoms with E-state index in [4.69, 9.17) is 4.42 Å². The molecule has 2 N–H and O–H groups in total. The van der Waals surface area contributed by atoms with Gasteiger partial charge in [-0.2, -0.15) is 0 Å². The van der Waals surface area contributed by atoms with Crippen molar-refractivity contribution in [1.82, 2.24) is 0 Å². The number of benzene rings is 2. The molecule has 0 atom stereocenters. The van der Waals surface area contributed by atoms with Crippen molar-refractivity contribution in [1.29, 1.82) is 0 Å². The van der Waals surface area contributed by atoms with Gasteiger partial charge in [0.25, 0.3) is 0 Å². The smallest absolute Gasteiger partial charge is 0.456 e. The Kier molecular flexibility index (Phi) is 3.67. The van der Waals surface area contributed by atoms with Gasteiger partial charge in [-0.3, -0.25) is 4.79 Å². The van der Waals surface area contributed by atoms with Crippen LogP contribution in [-0.4, -0.2) is 17.2 Å². The molecule has 0 saturated carbocycles. The molecule has 3 rings (SSSR count). The van der Waals surface area contributed by atoms with Gasteiger partial charge >= 0.3 is 7.12 Å². The molecule has 0 aliphatic heterocycles. The third-order valence-electron chi connectivity index (χ3n) is 3.16. The molecule has 0 amide bonds. The molecule has 0 bridgehead atoms. The van der Waals surface area contributed by atoms with E-state index >= 15 is 0 Å². The summed E-state index contributed by atoms with van der Waals surface area (Å²) in [5, 5.41) is 18.9. The molecule has 0 aliphatic rings. The zero-order chi connectivity index (χ0) is 15.0. The molecule has 3 aromatic rings. The molecule has 0 unspecified atom stereocenters. The zero-order valence-corrected chi connectivity index (χ0v) is 12.4. The van der Waals surface area contributed by atoms with Crippen LogP contribution in [0.5, 0.6) is 0 Å². The first-order valence-electron chi connectivity index (χ1n) is 6.24. The van der Waals surface area contributed by atoms with Gasteiger partial charge in [0.1, 0.15) is 11.3 Å². The third kappa shape index (κ3) is 2.78. The standard InChI is InChI=1S/C15H10BBrO4/c17-11-4-5-14-12(7-11)13(18)8-15(21-14)9-2-1-3-10(6-9)16(19)20/h1-8,19-20H. The Hall–Kier alpha value is -1.89. The van der Waals surface area contributed by atoms with Crippen molar-refractivity contribution in [2.45, 2.75) is 0 Å². The second-order valence-electron chi connectivity index (χ2n) is 4.61. The van der Waals surface area contributed by atoms with Crippen LogP contribution in [0.25, 0.3) is 22.3 Å². The van der Waals surface area contributed by atoms with Crippen LogP contribution in [-0.2, 0) is 0 Å². The summed E-state index contributed by atoms with van der Waals surface area (Å²) in [6.45, 7) is 0. The monoisotopic (exact) mass is 344 g/mol. The predicted molar refractivity (Wildman–Crippen MR) is 85.4 cm³/mol. The quantitative estimate of drug-likeness (QED) is 0.696. The van der Waals surface area contributed by atoms with E-state index in [9.17, 15) is 14.8 Å². The summed E-state index contributed by atoms with van der Waals surface area (Å²) in [6, 6.07) is 13.2. The van der Waals surface area contributed by atoms with Crippen LogP contribution >= 0.6 is 15.9 Å². The Morgan fingerprint density at radius 3 is 2.62 bits per heavy atom. The minimum Gasteiger partial charge on any atom is -0.456 e. The maximum absolute atomic E-state index is 12.2. The van der Waals surface area contributed by atoms with Crippen LogP contribution in [0.4, 0.5) is 0 Å².